The summed E-state index contributed by atoms with van der Waals surface area (Å²) in [5.41, 5.74) is 1.30. The number of ether oxygens (including phenoxy) is 1. The minimum absolute atomic E-state index is 0.451. The molecule has 0 spiro atoms. The Labute approximate surface area is 131 Å². The van der Waals surface area contributed by atoms with Gasteiger partial charge in [-0.05, 0) is 31.2 Å². The zero-order valence-electron chi connectivity index (χ0n) is 12.5. The Kier molecular flexibility index (Phi) is 6.88. The van der Waals surface area contributed by atoms with Crippen LogP contribution in [-0.2, 0) is 0 Å². The average molecular weight is 340 g/mol. The van der Waals surface area contributed by atoms with Crippen LogP contribution in [0.25, 0.3) is 0 Å². The minimum atomic E-state index is 0.451. The van der Waals surface area contributed by atoms with Crippen molar-refractivity contribution >= 4 is 15.9 Å². The van der Waals surface area contributed by atoms with Gasteiger partial charge in [0.05, 0.1) is 6.61 Å². The van der Waals surface area contributed by atoms with E-state index in [1.165, 1.54) is 44.1 Å². The topological polar surface area (TPSA) is 21.3 Å². The zero-order valence-corrected chi connectivity index (χ0v) is 14.0. The molecule has 20 heavy (non-hydrogen) atoms. The lowest BCUT2D eigenvalue weighted by Crippen LogP contribution is -2.27. The normalized spacial score (nSPS) is 17.6. The summed E-state index contributed by atoms with van der Waals surface area (Å²) < 4.78 is 6.85. The number of fused-ring (bicyclic) bond motifs is 1. The molecule has 1 aromatic rings. The van der Waals surface area contributed by atoms with E-state index in [0.29, 0.717) is 6.04 Å². The van der Waals surface area contributed by atoms with Crippen molar-refractivity contribution in [1.82, 2.24) is 5.32 Å². The first kappa shape index (κ1) is 15.8. The van der Waals surface area contributed by atoms with Crippen LogP contribution < -0.4 is 10.1 Å². The third kappa shape index (κ3) is 4.78. The summed E-state index contributed by atoms with van der Waals surface area (Å²) in [5, 5.41) is 3.70. The Hall–Kier alpha value is -0.540. The summed E-state index contributed by atoms with van der Waals surface area (Å²) >= 11 is 3.55. The summed E-state index contributed by atoms with van der Waals surface area (Å²) in [6, 6.07) is 6.76. The van der Waals surface area contributed by atoms with Crippen LogP contribution in [0.1, 0.15) is 63.5 Å². The SMILES string of the molecule is CCCCCCCCNC1CCOc2ccc(Br)cc21. The molecule has 2 nitrogen and oxygen atoms in total. The predicted molar refractivity (Wildman–Crippen MR) is 88.4 cm³/mol. The molecule has 0 aromatic heterocycles. The van der Waals surface area contributed by atoms with Crippen molar-refractivity contribution < 1.29 is 4.74 Å². The van der Waals surface area contributed by atoms with Gasteiger partial charge in [0.1, 0.15) is 5.75 Å². The average Bonchev–Trinajstić information content (AvgIpc) is 2.46. The molecule has 1 aromatic carbocycles. The van der Waals surface area contributed by atoms with Crippen LogP contribution >= 0.6 is 15.9 Å². The van der Waals surface area contributed by atoms with Crippen LogP contribution in [0.4, 0.5) is 0 Å². The first-order valence-electron chi connectivity index (χ1n) is 7.97. The Morgan fingerprint density at radius 3 is 2.85 bits per heavy atom. The molecule has 0 aliphatic carbocycles. The minimum Gasteiger partial charge on any atom is -0.493 e. The molecule has 0 fully saturated rings. The van der Waals surface area contributed by atoms with Crippen molar-refractivity contribution in [2.45, 2.75) is 57.9 Å². The molecule has 2 rings (SSSR count). The lowest BCUT2D eigenvalue weighted by atomic mass is 10.0. The fourth-order valence-electron chi connectivity index (χ4n) is 2.76. The highest BCUT2D eigenvalue weighted by molar-refractivity contribution is 9.10. The van der Waals surface area contributed by atoms with E-state index >= 15 is 0 Å². The molecule has 1 unspecified atom stereocenters. The van der Waals surface area contributed by atoms with Gasteiger partial charge in [0.25, 0.3) is 0 Å². The maximum atomic E-state index is 5.72. The first-order valence-corrected chi connectivity index (χ1v) is 8.76. The van der Waals surface area contributed by atoms with Crippen LogP contribution in [0.2, 0.25) is 0 Å². The van der Waals surface area contributed by atoms with E-state index < -0.39 is 0 Å². The van der Waals surface area contributed by atoms with Gasteiger partial charge in [0, 0.05) is 22.5 Å². The quantitative estimate of drug-likeness (QED) is 0.655. The number of unbranched alkanes of at least 4 members (excludes halogenated alkanes) is 5. The van der Waals surface area contributed by atoms with Gasteiger partial charge in [-0.3, -0.25) is 0 Å². The van der Waals surface area contributed by atoms with Crippen LogP contribution in [0, 0.1) is 0 Å². The highest BCUT2D eigenvalue weighted by Crippen LogP contribution is 2.34. The van der Waals surface area contributed by atoms with Gasteiger partial charge in [0.15, 0.2) is 0 Å². The highest BCUT2D eigenvalue weighted by Gasteiger charge is 2.20. The molecule has 0 saturated carbocycles. The van der Waals surface area contributed by atoms with Crippen molar-refractivity contribution in [3.8, 4) is 5.75 Å². The predicted octanol–water partition coefficient (Wildman–Crippen LogP) is 5.22. The van der Waals surface area contributed by atoms with Gasteiger partial charge in [-0.2, -0.15) is 0 Å². The maximum Gasteiger partial charge on any atom is 0.124 e. The van der Waals surface area contributed by atoms with Gasteiger partial charge >= 0.3 is 0 Å². The van der Waals surface area contributed by atoms with Crippen LogP contribution in [-0.4, -0.2) is 13.2 Å². The van der Waals surface area contributed by atoms with Crippen molar-refractivity contribution in [3.05, 3.63) is 28.2 Å². The molecule has 1 aliphatic rings. The second-order valence-corrected chi connectivity index (χ2v) is 6.51. The molecule has 1 aliphatic heterocycles. The lowest BCUT2D eigenvalue weighted by Gasteiger charge is -2.27. The van der Waals surface area contributed by atoms with Crippen molar-refractivity contribution in [1.29, 1.82) is 0 Å². The van der Waals surface area contributed by atoms with Gasteiger partial charge < -0.3 is 10.1 Å². The van der Waals surface area contributed by atoms with Crippen molar-refractivity contribution in [2.75, 3.05) is 13.2 Å². The number of benzene rings is 1. The Balaban J connectivity index is 1.73. The summed E-state index contributed by atoms with van der Waals surface area (Å²) in [7, 11) is 0. The van der Waals surface area contributed by atoms with Crippen molar-refractivity contribution in [3.63, 3.8) is 0 Å². The molecule has 0 radical (unpaired) electrons. The van der Waals surface area contributed by atoms with Crippen molar-refractivity contribution in [2.24, 2.45) is 0 Å². The number of hydrogen-bond acceptors (Lipinski definition) is 2. The number of halogens is 1. The van der Waals surface area contributed by atoms with E-state index in [2.05, 4.69) is 46.4 Å². The van der Waals surface area contributed by atoms with Crippen LogP contribution in [0.5, 0.6) is 5.75 Å². The van der Waals surface area contributed by atoms with E-state index in [-0.39, 0.29) is 0 Å². The Morgan fingerprint density at radius 1 is 1.20 bits per heavy atom. The lowest BCUT2D eigenvalue weighted by molar-refractivity contribution is 0.252. The van der Waals surface area contributed by atoms with E-state index in [4.69, 9.17) is 4.74 Å². The van der Waals surface area contributed by atoms with E-state index in [0.717, 1.165) is 29.8 Å². The Bertz CT molecular complexity index is 408. The molecule has 1 atom stereocenters. The molecule has 0 bridgehead atoms. The largest absolute Gasteiger partial charge is 0.493 e. The standard InChI is InChI=1S/C17H26BrNO/c1-2-3-4-5-6-7-11-19-16-10-12-20-17-9-8-14(18)13-15(16)17/h8-9,13,16,19H,2-7,10-12H2,1H3. The third-order valence-electron chi connectivity index (χ3n) is 3.93. The third-order valence-corrected chi connectivity index (χ3v) is 4.43. The highest BCUT2D eigenvalue weighted by atomic mass is 79.9. The van der Waals surface area contributed by atoms with E-state index in [9.17, 15) is 0 Å². The zero-order chi connectivity index (χ0) is 14.2. The summed E-state index contributed by atoms with van der Waals surface area (Å²) in [5.74, 6) is 1.04. The molecule has 1 N–H and O–H groups in total. The number of rotatable bonds is 8. The molecule has 0 amide bonds. The molecular weight excluding hydrogens is 314 g/mol. The second kappa shape index (κ2) is 8.68. The molecule has 1 heterocycles. The molecule has 3 heteroatoms. The molecule has 0 saturated heterocycles. The molecule has 112 valence electrons. The van der Waals surface area contributed by atoms with Gasteiger partial charge in [0.2, 0.25) is 0 Å². The Morgan fingerprint density at radius 2 is 2.00 bits per heavy atom. The smallest absolute Gasteiger partial charge is 0.124 e. The fourth-order valence-corrected chi connectivity index (χ4v) is 3.14. The summed E-state index contributed by atoms with van der Waals surface area (Å²) in [6.45, 7) is 4.20. The van der Waals surface area contributed by atoms with E-state index in [1.54, 1.807) is 0 Å². The van der Waals surface area contributed by atoms with Gasteiger partial charge in [-0.1, -0.05) is 55.0 Å². The second-order valence-electron chi connectivity index (χ2n) is 5.59. The monoisotopic (exact) mass is 339 g/mol. The fraction of sp³-hybridized carbons (Fsp3) is 0.647. The van der Waals surface area contributed by atoms with Crippen LogP contribution in [0.15, 0.2) is 22.7 Å². The molecular formula is C17H26BrNO. The number of hydrogen-bond donors (Lipinski definition) is 1. The number of nitrogens with one attached hydrogen (secondary N) is 1. The van der Waals surface area contributed by atoms with Crippen LogP contribution in [0.3, 0.4) is 0 Å². The van der Waals surface area contributed by atoms with Gasteiger partial charge in [-0.25, -0.2) is 0 Å². The van der Waals surface area contributed by atoms with E-state index in [1.807, 2.05) is 0 Å². The summed E-state index contributed by atoms with van der Waals surface area (Å²) in [6.07, 6.45) is 9.18. The summed E-state index contributed by atoms with van der Waals surface area (Å²) in [4.78, 5) is 0. The maximum absolute atomic E-state index is 5.72. The first-order chi connectivity index (χ1) is 9.81. The van der Waals surface area contributed by atoms with Gasteiger partial charge in [-0.15, -0.1) is 0 Å².